The fourth-order valence-electron chi connectivity index (χ4n) is 1.56. The summed E-state index contributed by atoms with van der Waals surface area (Å²) in [5, 5.41) is 19.3. The third kappa shape index (κ3) is 2.89. The minimum absolute atomic E-state index is 0.0193. The van der Waals surface area contributed by atoms with E-state index in [0.29, 0.717) is 17.1 Å². The van der Waals surface area contributed by atoms with Gasteiger partial charge in [-0.05, 0) is 30.7 Å². The number of aromatic nitrogens is 1. The maximum atomic E-state index is 10.7. The van der Waals surface area contributed by atoms with Crippen molar-refractivity contribution in [1.82, 2.24) is 4.98 Å². The normalized spacial score (nSPS) is 10.1. The molecule has 0 bridgehead atoms. The average molecular weight is 274 g/mol. The van der Waals surface area contributed by atoms with Crippen LogP contribution in [0, 0.1) is 17.0 Å². The Bertz CT molecular complexity index is 667. The lowest BCUT2D eigenvalue weighted by atomic mass is 10.2. The van der Waals surface area contributed by atoms with E-state index in [0.717, 1.165) is 0 Å². The monoisotopic (exact) mass is 274 g/mol. The molecule has 0 aliphatic rings. The molecule has 1 aromatic carbocycles. The van der Waals surface area contributed by atoms with E-state index in [1.54, 1.807) is 6.92 Å². The minimum Gasteiger partial charge on any atom is -0.477 e. The molecular formula is C13H10N2O5. The number of nitrogens with zero attached hydrogens (tertiary/aromatic N) is 2. The van der Waals surface area contributed by atoms with Crippen molar-refractivity contribution < 1.29 is 19.6 Å². The number of nitro benzene ring substituents is 1. The van der Waals surface area contributed by atoms with Crippen LogP contribution < -0.4 is 4.74 Å². The maximum Gasteiger partial charge on any atom is 0.354 e. The lowest BCUT2D eigenvalue weighted by Gasteiger charge is -2.08. The number of pyridine rings is 1. The van der Waals surface area contributed by atoms with Crippen molar-refractivity contribution in [3.05, 3.63) is 57.9 Å². The third-order valence-electron chi connectivity index (χ3n) is 2.55. The summed E-state index contributed by atoms with van der Waals surface area (Å²) in [6.45, 7) is 1.68. The van der Waals surface area contributed by atoms with Gasteiger partial charge < -0.3 is 9.84 Å². The predicted octanol–water partition coefficient (Wildman–Crippen LogP) is 2.79. The van der Waals surface area contributed by atoms with E-state index in [9.17, 15) is 14.9 Å². The second kappa shape index (κ2) is 5.35. The van der Waals surface area contributed by atoms with Crippen molar-refractivity contribution >= 4 is 11.7 Å². The van der Waals surface area contributed by atoms with Gasteiger partial charge in [-0.1, -0.05) is 0 Å². The Hall–Kier alpha value is -2.96. The van der Waals surface area contributed by atoms with E-state index in [-0.39, 0.29) is 11.4 Å². The molecule has 1 aromatic heterocycles. The highest BCUT2D eigenvalue weighted by Gasteiger charge is 2.10. The highest BCUT2D eigenvalue weighted by Crippen LogP contribution is 2.27. The fraction of sp³-hybridized carbons (Fsp3) is 0.0769. The van der Waals surface area contributed by atoms with Crippen LogP contribution in [0.25, 0.3) is 0 Å². The molecule has 0 amide bonds. The van der Waals surface area contributed by atoms with Crippen molar-refractivity contribution in [2.45, 2.75) is 6.92 Å². The third-order valence-corrected chi connectivity index (χ3v) is 2.55. The number of carboxylic acids is 1. The smallest absolute Gasteiger partial charge is 0.354 e. The lowest BCUT2D eigenvalue weighted by Crippen LogP contribution is -1.99. The zero-order valence-corrected chi connectivity index (χ0v) is 10.4. The Balaban J connectivity index is 2.21. The summed E-state index contributed by atoms with van der Waals surface area (Å²) in [7, 11) is 0. The topological polar surface area (TPSA) is 103 Å². The molecule has 0 aliphatic heterocycles. The number of nitro groups is 1. The van der Waals surface area contributed by atoms with Crippen LogP contribution in [-0.4, -0.2) is 21.0 Å². The molecule has 2 rings (SSSR count). The van der Waals surface area contributed by atoms with E-state index in [1.165, 1.54) is 36.5 Å². The number of hydrogen-bond acceptors (Lipinski definition) is 5. The van der Waals surface area contributed by atoms with Crippen LogP contribution >= 0.6 is 0 Å². The second-order valence-electron chi connectivity index (χ2n) is 3.99. The Morgan fingerprint density at radius 1 is 1.35 bits per heavy atom. The molecule has 7 nitrogen and oxygen atoms in total. The number of aromatic carboxylic acids is 1. The molecule has 1 heterocycles. The summed E-state index contributed by atoms with van der Waals surface area (Å²) in [6, 6.07) is 7.00. The molecule has 20 heavy (non-hydrogen) atoms. The summed E-state index contributed by atoms with van der Waals surface area (Å²) >= 11 is 0. The standard InChI is InChI=1S/C13H10N2O5/c1-8-6-9(15(18)19)2-5-12(8)20-10-3-4-11(13(16)17)14-7-10/h2-7H,1H3,(H,16,17). The molecule has 0 saturated heterocycles. The van der Waals surface area contributed by atoms with Gasteiger partial charge in [0.25, 0.3) is 5.69 Å². The van der Waals surface area contributed by atoms with Gasteiger partial charge in [-0.3, -0.25) is 10.1 Å². The second-order valence-corrected chi connectivity index (χ2v) is 3.99. The van der Waals surface area contributed by atoms with Crippen molar-refractivity contribution in [1.29, 1.82) is 0 Å². The Labute approximate surface area is 113 Å². The predicted molar refractivity (Wildman–Crippen MR) is 69.1 cm³/mol. The maximum absolute atomic E-state index is 10.7. The van der Waals surface area contributed by atoms with Crippen molar-refractivity contribution in [3.63, 3.8) is 0 Å². The van der Waals surface area contributed by atoms with Crippen molar-refractivity contribution in [2.75, 3.05) is 0 Å². The van der Waals surface area contributed by atoms with Gasteiger partial charge in [-0.15, -0.1) is 0 Å². The van der Waals surface area contributed by atoms with E-state index in [4.69, 9.17) is 9.84 Å². The van der Waals surface area contributed by atoms with Gasteiger partial charge in [0.2, 0.25) is 0 Å². The van der Waals surface area contributed by atoms with Gasteiger partial charge in [-0.25, -0.2) is 9.78 Å². The van der Waals surface area contributed by atoms with E-state index in [1.807, 2.05) is 0 Å². The fourth-order valence-corrected chi connectivity index (χ4v) is 1.56. The first-order chi connectivity index (χ1) is 9.47. The van der Waals surface area contributed by atoms with Crippen LogP contribution in [0.4, 0.5) is 5.69 Å². The summed E-state index contributed by atoms with van der Waals surface area (Å²) in [6.07, 6.45) is 1.28. The number of carbonyl (C=O) groups is 1. The number of rotatable bonds is 4. The number of hydrogen-bond donors (Lipinski definition) is 1. The summed E-state index contributed by atoms with van der Waals surface area (Å²) in [5.41, 5.74) is 0.494. The molecule has 0 atom stereocenters. The highest BCUT2D eigenvalue weighted by molar-refractivity contribution is 5.85. The first-order valence-corrected chi connectivity index (χ1v) is 5.59. The van der Waals surface area contributed by atoms with E-state index >= 15 is 0 Å². The first kappa shape index (κ1) is 13.5. The van der Waals surface area contributed by atoms with Crippen LogP contribution in [-0.2, 0) is 0 Å². The molecule has 0 aliphatic carbocycles. The SMILES string of the molecule is Cc1cc([N+](=O)[O-])ccc1Oc1ccc(C(=O)O)nc1. The van der Waals surface area contributed by atoms with Gasteiger partial charge in [0.05, 0.1) is 11.1 Å². The molecular weight excluding hydrogens is 264 g/mol. The van der Waals surface area contributed by atoms with Crippen molar-refractivity contribution in [2.24, 2.45) is 0 Å². The van der Waals surface area contributed by atoms with E-state index in [2.05, 4.69) is 4.98 Å². The van der Waals surface area contributed by atoms with Crippen molar-refractivity contribution in [3.8, 4) is 11.5 Å². The number of non-ortho nitro benzene ring substituents is 1. The number of aryl methyl sites for hydroxylation is 1. The zero-order valence-electron chi connectivity index (χ0n) is 10.4. The summed E-state index contributed by atoms with van der Waals surface area (Å²) in [5.74, 6) is -0.324. The molecule has 1 N–H and O–H groups in total. The lowest BCUT2D eigenvalue weighted by molar-refractivity contribution is -0.384. The van der Waals surface area contributed by atoms with Crippen LogP contribution in [0.15, 0.2) is 36.5 Å². The van der Waals surface area contributed by atoms with Gasteiger partial charge in [0.1, 0.15) is 17.2 Å². The molecule has 7 heteroatoms. The molecule has 102 valence electrons. The summed E-state index contributed by atoms with van der Waals surface area (Å²) < 4.78 is 5.50. The van der Waals surface area contributed by atoms with Crippen LogP contribution in [0.1, 0.15) is 16.1 Å². The van der Waals surface area contributed by atoms with Crippen LogP contribution in [0.5, 0.6) is 11.5 Å². The number of carboxylic acid groups (broad SMARTS) is 1. The molecule has 0 radical (unpaired) electrons. The first-order valence-electron chi connectivity index (χ1n) is 5.59. The average Bonchev–Trinajstić information content (AvgIpc) is 2.41. The Morgan fingerprint density at radius 2 is 2.10 bits per heavy atom. The molecule has 0 spiro atoms. The minimum atomic E-state index is -1.12. The Morgan fingerprint density at radius 3 is 2.60 bits per heavy atom. The number of ether oxygens (including phenoxy) is 1. The largest absolute Gasteiger partial charge is 0.477 e. The Kier molecular flexibility index (Phi) is 3.60. The molecule has 0 fully saturated rings. The molecule has 2 aromatic rings. The summed E-state index contributed by atoms with van der Waals surface area (Å²) in [4.78, 5) is 24.5. The van der Waals surface area contributed by atoms with Crippen LogP contribution in [0.2, 0.25) is 0 Å². The van der Waals surface area contributed by atoms with Gasteiger partial charge in [-0.2, -0.15) is 0 Å². The molecule has 0 saturated carbocycles. The zero-order chi connectivity index (χ0) is 14.7. The van der Waals surface area contributed by atoms with Crippen LogP contribution in [0.3, 0.4) is 0 Å². The van der Waals surface area contributed by atoms with Gasteiger partial charge in [0, 0.05) is 12.1 Å². The quantitative estimate of drug-likeness (QED) is 0.679. The number of benzene rings is 1. The highest BCUT2D eigenvalue weighted by atomic mass is 16.6. The van der Waals surface area contributed by atoms with Gasteiger partial charge >= 0.3 is 5.97 Å². The molecule has 0 unspecified atom stereocenters. The van der Waals surface area contributed by atoms with E-state index < -0.39 is 10.9 Å². The van der Waals surface area contributed by atoms with Gasteiger partial charge in [0.15, 0.2) is 0 Å².